The van der Waals surface area contributed by atoms with Gasteiger partial charge in [-0.25, -0.2) is 14.4 Å². The summed E-state index contributed by atoms with van der Waals surface area (Å²) in [6.45, 7) is 0. The van der Waals surface area contributed by atoms with Crippen LogP contribution >= 0.6 is 0 Å². The van der Waals surface area contributed by atoms with Gasteiger partial charge in [-0.05, 0) is 210 Å². The third-order valence-electron chi connectivity index (χ3n) is 25.7. The Morgan fingerprint density at radius 2 is 0.587 bits per heavy atom. The van der Waals surface area contributed by atoms with E-state index in [1.807, 2.05) is 78.9 Å². The van der Waals surface area contributed by atoms with Crippen LogP contribution in [0.5, 0.6) is 0 Å². The minimum atomic E-state index is -0.435. The van der Waals surface area contributed by atoms with Gasteiger partial charge >= 0.3 is 16.9 Å². The van der Waals surface area contributed by atoms with Crippen LogP contribution in [0, 0.1) is 0 Å². The second kappa shape index (κ2) is 28.6. The number of hydrogen-bond donors (Lipinski definition) is 0. The van der Waals surface area contributed by atoms with Crippen molar-refractivity contribution in [2.75, 3.05) is 0 Å². The summed E-state index contributed by atoms with van der Waals surface area (Å²) in [6, 6.07) is 146. The summed E-state index contributed by atoms with van der Waals surface area (Å²) in [5.41, 5.74) is 26.5. The Kier molecular flexibility index (Phi) is 16.3. The molecule has 0 saturated heterocycles. The lowest BCUT2D eigenvalue weighted by Gasteiger charge is -2.16. The molecule has 0 fully saturated rings. The Balaban J connectivity index is 0.639. The van der Waals surface area contributed by atoms with Crippen LogP contribution in [0.15, 0.2) is 446 Å². The van der Waals surface area contributed by atoms with Crippen LogP contribution in [0.3, 0.4) is 0 Å². The van der Waals surface area contributed by atoms with Gasteiger partial charge in [-0.2, -0.15) is 0 Å². The summed E-state index contributed by atoms with van der Waals surface area (Å²) in [4.78, 5) is 44.4. The Labute approximate surface area is 719 Å². The molecular formula is C117H69N3O6. The van der Waals surface area contributed by atoms with Crippen LogP contribution in [0.4, 0.5) is 0 Å². The zero-order chi connectivity index (χ0) is 83.4. The van der Waals surface area contributed by atoms with E-state index < -0.39 is 11.3 Å². The Morgan fingerprint density at radius 1 is 0.167 bits per heavy atom. The molecule has 9 nitrogen and oxygen atoms in total. The SMILES string of the molecule is O=c1oc2c(cc(-c3ccccc3)c3c2c2ccccc2n3-c2ccc(-c3ccc4c(c3)oc(=O)c3ccc5c(c6ccccc6n5-c5cc(-c6ccccc6)cc(-c6cccc(-c7cccc8c7c(=O)oc7c(-c9ccccc9)cc9c(c%10ccc(-c%11ccccc%11)cc%10n9-c9cc(-c%10ccccc%10)cc(-c%10ccccc%10)c9)c78)c6)c5)c34)cc2)c2ccccc12. The molecule has 0 saturated carbocycles. The molecule has 25 rings (SSSR count). The van der Waals surface area contributed by atoms with Crippen LogP contribution < -0.4 is 16.9 Å². The fourth-order valence-corrected chi connectivity index (χ4v) is 20.0. The molecule has 0 aliphatic heterocycles. The summed E-state index contributed by atoms with van der Waals surface area (Å²) < 4.78 is 26.8. The summed E-state index contributed by atoms with van der Waals surface area (Å²) in [7, 11) is 0. The summed E-state index contributed by atoms with van der Waals surface area (Å²) in [6.07, 6.45) is 0. The van der Waals surface area contributed by atoms with E-state index in [2.05, 4.69) is 353 Å². The fraction of sp³-hybridized carbons (Fsp3) is 0. The maximum absolute atomic E-state index is 15.7. The van der Waals surface area contributed by atoms with Gasteiger partial charge in [-0.15, -0.1) is 0 Å². The summed E-state index contributed by atoms with van der Waals surface area (Å²) in [5, 5.41) is 12.2. The number of rotatable bonds is 12. The van der Waals surface area contributed by atoms with Crippen molar-refractivity contribution < 1.29 is 13.3 Å². The molecule has 0 unspecified atom stereocenters. The van der Waals surface area contributed by atoms with E-state index in [0.29, 0.717) is 32.9 Å². The van der Waals surface area contributed by atoms with E-state index in [-0.39, 0.29) is 5.63 Å². The Bertz CT molecular complexity index is 9000. The summed E-state index contributed by atoms with van der Waals surface area (Å²) in [5.74, 6) is 0. The third-order valence-corrected chi connectivity index (χ3v) is 25.7. The fourth-order valence-electron chi connectivity index (χ4n) is 20.0. The van der Waals surface area contributed by atoms with Crippen molar-refractivity contribution in [3.05, 3.63) is 450 Å². The zero-order valence-electron chi connectivity index (χ0n) is 67.6. The van der Waals surface area contributed by atoms with E-state index in [0.717, 1.165) is 215 Å². The predicted molar refractivity (Wildman–Crippen MR) is 519 cm³/mol. The highest BCUT2D eigenvalue weighted by Gasteiger charge is 2.29. The van der Waals surface area contributed by atoms with Crippen molar-refractivity contribution in [1.29, 1.82) is 0 Å². The van der Waals surface area contributed by atoms with E-state index >= 15 is 4.79 Å². The molecule has 0 spiro atoms. The molecule has 6 aromatic heterocycles. The monoisotopic (exact) mass is 1610 g/mol. The first-order chi connectivity index (χ1) is 62.2. The largest absolute Gasteiger partial charge is 0.422 e. The maximum atomic E-state index is 15.7. The van der Waals surface area contributed by atoms with Crippen LogP contribution in [-0.4, -0.2) is 13.7 Å². The number of nitrogens with zero attached hydrogens (tertiary/aromatic N) is 3. The quantitative estimate of drug-likeness (QED) is 0.0891. The van der Waals surface area contributed by atoms with Crippen molar-refractivity contribution in [2.24, 2.45) is 0 Å². The van der Waals surface area contributed by atoms with Crippen molar-refractivity contribution >= 4 is 131 Å². The van der Waals surface area contributed by atoms with Gasteiger partial charge in [0.25, 0.3) is 0 Å². The van der Waals surface area contributed by atoms with E-state index in [4.69, 9.17) is 13.3 Å². The number of benzene rings is 19. The topological polar surface area (TPSA) is 105 Å². The lowest BCUT2D eigenvalue weighted by molar-refractivity contribution is 0.570. The lowest BCUT2D eigenvalue weighted by Crippen LogP contribution is -2.03. The molecule has 19 aromatic carbocycles. The number of para-hydroxylation sites is 2. The van der Waals surface area contributed by atoms with Gasteiger partial charge in [0.1, 0.15) is 16.7 Å². The van der Waals surface area contributed by atoms with E-state index in [9.17, 15) is 9.59 Å². The number of hydrogen-bond acceptors (Lipinski definition) is 6. The van der Waals surface area contributed by atoms with Crippen LogP contribution in [-0.2, 0) is 0 Å². The lowest BCUT2D eigenvalue weighted by atomic mass is 9.91. The van der Waals surface area contributed by atoms with Crippen LogP contribution in [0.2, 0.25) is 0 Å². The zero-order valence-corrected chi connectivity index (χ0v) is 67.6. The minimum Gasteiger partial charge on any atom is -0.422 e. The Morgan fingerprint density at radius 3 is 1.21 bits per heavy atom. The average molecular weight is 1610 g/mol. The Hall–Kier alpha value is -17.0. The molecule has 0 N–H and O–H groups in total. The van der Waals surface area contributed by atoms with Crippen molar-refractivity contribution in [1.82, 2.24) is 13.7 Å². The molecule has 25 aromatic rings. The molecule has 0 atom stereocenters. The normalized spacial score (nSPS) is 11.9. The molecule has 126 heavy (non-hydrogen) atoms. The second-order valence-electron chi connectivity index (χ2n) is 32.7. The standard InChI is InChI=1S/C117H69N3O6/c121-115-90-42-20-19-41-89(90)99-68-97(75-35-15-5-16-36-75)112-111(114(99)125-115)92-44-22-24-48-101(92)120(112)85-53-49-74(50-54-85)79-52-56-94-105(67-79)124-116(122)96-57-58-102-108(106(94)96)91-43-21-23-47-100(91)118(102)86-62-83(73-33-13-4-14-34-73)61-84(65-86)77-39-25-40-80(59-77)88-45-26-46-95-107(88)117(123)126-113-98(76-37-17-6-18-38-76)69-104-109(110(95)113)93-55-51-78(70-27-7-1-8-28-70)66-103(93)119(104)87-63-81(71-29-9-2-10-30-71)60-82(64-87)72-31-11-3-12-32-72/h1-69H. The maximum Gasteiger partial charge on any atom is 0.344 e. The highest BCUT2D eigenvalue weighted by Crippen LogP contribution is 2.50. The highest BCUT2D eigenvalue weighted by molar-refractivity contribution is 6.32. The van der Waals surface area contributed by atoms with Crippen molar-refractivity contribution in [3.63, 3.8) is 0 Å². The van der Waals surface area contributed by atoms with Gasteiger partial charge in [0.15, 0.2) is 0 Å². The summed E-state index contributed by atoms with van der Waals surface area (Å²) >= 11 is 0. The predicted octanol–water partition coefficient (Wildman–Crippen LogP) is 29.8. The average Bonchev–Trinajstić information content (AvgIpc) is 1.56. The molecule has 0 aliphatic rings. The molecule has 0 amide bonds. The van der Waals surface area contributed by atoms with Crippen LogP contribution in [0.1, 0.15) is 0 Å². The van der Waals surface area contributed by atoms with E-state index in [1.54, 1.807) is 0 Å². The van der Waals surface area contributed by atoms with Crippen LogP contribution in [0.25, 0.3) is 248 Å². The van der Waals surface area contributed by atoms with E-state index in [1.165, 1.54) is 0 Å². The third kappa shape index (κ3) is 11.4. The molecule has 9 heteroatoms. The molecule has 0 bridgehead atoms. The molecule has 0 aliphatic carbocycles. The van der Waals surface area contributed by atoms with Gasteiger partial charge in [0.2, 0.25) is 0 Å². The van der Waals surface area contributed by atoms with Gasteiger partial charge < -0.3 is 27.0 Å². The van der Waals surface area contributed by atoms with Gasteiger partial charge in [-0.3, -0.25) is 0 Å². The first-order valence-corrected chi connectivity index (χ1v) is 42.4. The first kappa shape index (κ1) is 71.9. The second-order valence-corrected chi connectivity index (χ2v) is 32.7. The van der Waals surface area contributed by atoms with Gasteiger partial charge in [-0.1, -0.05) is 303 Å². The smallest absolute Gasteiger partial charge is 0.344 e. The highest BCUT2D eigenvalue weighted by atomic mass is 16.4. The molecular weight excluding hydrogens is 1540 g/mol. The number of aromatic nitrogens is 3. The van der Waals surface area contributed by atoms with Gasteiger partial charge in [0.05, 0.1) is 54.6 Å². The minimum absolute atomic E-state index is 0.378. The van der Waals surface area contributed by atoms with Crippen molar-refractivity contribution in [2.45, 2.75) is 0 Å². The molecule has 6 heterocycles. The van der Waals surface area contributed by atoms with Gasteiger partial charge in [0, 0.05) is 82.1 Å². The first-order valence-electron chi connectivity index (χ1n) is 42.4. The molecule has 588 valence electrons. The van der Waals surface area contributed by atoms with Crippen molar-refractivity contribution in [3.8, 4) is 117 Å². The number of fused-ring (bicyclic) bond motifs is 21. The molecule has 0 radical (unpaired) electrons.